The van der Waals surface area contributed by atoms with Crippen LogP contribution in [0.15, 0.2) is 42.5 Å². The lowest BCUT2D eigenvalue weighted by atomic mass is 9.78. The summed E-state index contributed by atoms with van der Waals surface area (Å²) in [5, 5.41) is 1.16. The maximum absolute atomic E-state index is 6.13. The van der Waals surface area contributed by atoms with Gasteiger partial charge in [0.25, 0.3) is 0 Å². The highest BCUT2D eigenvalue weighted by molar-refractivity contribution is 6.62. The molecule has 126 valence electrons. The first-order chi connectivity index (χ1) is 11.2. The monoisotopic (exact) mass is 362 g/mol. The molecule has 2 nitrogen and oxygen atoms in total. The Morgan fingerprint density at radius 2 is 1.46 bits per heavy atom. The Morgan fingerprint density at radius 3 is 2.08 bits per heavy atom. The molecule has 1 heterocycles. The quantitative estimate of drug-likeness (QED) is 0.724. The average Bonchev–Trinajstić information content (AvgIpc) is 2.72. The molecule has 0 atom stereocenters. The number of hydrogen-bond donors (Lipinski definition) is 0. The standard InChI is InChI=1S/C19H21BCl2O2/c1-18(2)19(3,4)24-20(23-18)15-7-5-6-13(11-15)10-14-8-9-16(21)17(22)12-14/h5-9,11-12H,10H2,1-4H3. The normalized spacial score (nSPS) is 18.8. The summed E-state index contributed by atoms with van der Waals surface area (Å²) in [4.78, 5) is 0. The third kappa shape index (κ3) is 3.50. The van der Waals surface area contributed by atoms with Crippen molar-refractivity contribution in [1.82, 2.24) is 0 Å². The molecule has 1 aliphatic rings. The van der Waals surface area contributed by atoms with Gasteiger partial charge in [0, 0.05) is 0 Å². The molecule has 0 N–H and O–H groups in total. The lowest BCUT2D eigenvalue weighted by Gasteiger charge is -2.32. The molecular weight excluding hydrogens is 342 g/mol. The zero-order valence-electron chi connectivity index (χ0n) is 14.4. The van der Waals surface area contributed by atoms with Gasteiger partial charge in [0.1, 0.15) is 0 Å². The Labute approximate surface area is 154 Å². The van der Waals surface area contributed by atoms with Crippen molar-refractivity contribution in [3.05, 3.63) is 63.6 Å². The molecular formula is C19H21BCl2O2. The molecule has 0 radical (unpaired) electrons. The Bertz CT molecular complexity index is 743. The molecule has 0 saturated carbocycles. The van der Waals surface area contributed by atoms with Gasteiger partial charge < -0.3 is 9.31 Å². The van der Waals surface area contributed by atoms with Gasteiger partial charge >= 0.3 is 7.12 Å². The second-order valence-electron chi connectivity index (χ2n) is 7.26. The van der Waals surface area contributed by atoms with Gasteiger partial charge in [-0.25, -0.2) is 0 Å². The van der Waals surface area contributed by atoms with Crippen LogP contribution in [0.2, 0.25) is 10.0 Å². The van der Waals surface area contributed by atoms with Crippen molar-refractivity contribution in [3.8, 4) is 0 Å². The van der Waals surface area contributed by atoms with Crippen LogP contribution in [-0.4, -0.2) is 18.3 Å². The molecule has 5 heteroatoms. The maximum Gasteiger partial charge on any atom is 0.494 e. The topological polar surface area (TPSA) is 18.5 Å². The van der Waals surface area contributed by atoms with Crippen molar-refractivity contribution in [2.75, 3.05) is 0 Å². The number of halogens is 2. The van der Waals surface area contributed by atoms with Gasteiger partial charge in [-0.3, -0.25) is 0 Å². The van der Waals surface area contributed by atoms with E-state index in [9.17, 15) is 0 Å². The number of benzene rings is 2. The van der Waals surface area contributed by atoms with E-state index in [4.69, 9.17) is 32.5 Å². The first-order valence-electron chi connectivity index (χ1n) is 8.06. The lowest BCUT2D eigenvalue weighted by Crippen LogP contribution is -2.41. The molecule has 3 rings (SSSR count). The van der Waals surface area contributed by atoms with E-state index in [0.29, 0.717) is 10.0 Å². The SMILES string of the molecule is CC1(C)OB(c2cccc(Cc3ccc(Cl)c(Cl)c3)c2)OC1(C)C. The first-order valence-corrected chi connectivity index (χ1v) is 8.82. The zero-order valence-corrected chi connectivity index (χ0v) is 15.9. The fourth-order valence-corrected chi connectivity index (χ4v) is 3.03. The van der Waals surface area contributed by atoms with Gasteiger partial charge in [0.2, 0.25) is 0 Å². The van der Waals surface area contributed by atoms with Crippen LogP contribution >= 0.6 is 23.2 Å². The van der Waals surface area contributed by atoms with Crippen molar-refractivity contribution < 1.29 is 9.31 Å². The van der Waals surface area contributed by atoms with Gasteiger partial charge in [0.15, 0.2) is 0 Å². The molecule has 1 fully saturated rings. The minimum absolute atomic E-state index is 0.336. The lowest BCUT2D eigenvalue weighted by molar-refractivity contribution is 0.00578. The predicted octanol–water partition coefficient (Wildman–Crippen LogP) is 4.88. The second-order valence-corrected chi connectivity index (χ2v) is 8.07. The minimum atomic E-state index is -0.344. The number of rotatable bonds is 3. The van der Waals surface area contributed by atoms with Crippen molar-refractivity contribution in [1.29, 1.82) is 0 Å². The van der Waals surface area contributed by atoms with Crippen LogP contribution in [0.25, 0.3) is 0 Å². The van der Waals surface area contributed by atoms with E-state index in [-0.39, 0.29) is 18.3 Å². The average molecular weight is 363 g/mol. The van der Waals surface area contributed by atoms with E-state index in [2.05, 4.69) is 39.8 Å². The number of hydrogen-bond acceptors (Lipinski definition) is 2. The van der Waals surface area contributed by atoms with Gasteiger partial charge in [0.05, 0.1) is 21.2 Å². The van der Waals surface area contributed by atoms with E-state index in [1.54, 1.807) is 0 Å². The van der Waals surface area contributed by atoms with Crippen LogP contribution in [0.1, 0.15) is 38.8 Å². The summed E-state index contributed by atoms with van der Waals surface area (Å²) in [5.41, 5.74) is 2.66. The molecule has 0 bridgehead atoms. The first kappa shape index (κ1) is 17.8. The van der Waals surface area contributed by atoms with E-state index in [0.717, 1.165) is 17.4 Å². The molecule has 0 amide bonds. The molecule has 1 aliphatic heterocycles. The van der Waals surface area contributed by atoms with Crippen LogP contribution in [0.3, 0.4) is 0 Å². The Morgan fingerprint density at radius 1 is 0.833 bits per heavy atom. The highest BCUT2D eigenvalue weighted by Gasteiger charge is 2.51. The summed E-state index contributed by atoms with van der Waals surface area (Å²) < 4.78 is 12.3. The van der Waals surface area contributed by atoms with E-state index < -0.39 is 0 Å². The third-order valence-electron chi connectivity index (χ3n) is 4.87. The Balaban J connectivity index is 1.81. The predicted molar refractivity (Wildman–Crippen MR) is 101 cm³/mol. The molecule has 1 saturated heterocycles. The van der Waals surface area contributed by atoms with E-state index in [1.807, 2.05) is 30.3 Å². The van der Waals surface area contributed by atoms with Crippen LogP contribution in [0.5, 0.6) is 0 Å². The van der Waals surface area contributed by atoms with Crippen LogP contribution in [0, 0.1) is 0 Å². The van der Waals surface area contributed by atoms with Gasteiger partial charge in [-0.05, 0) is 62.8 Å². The zero-order chi connectivity index (χ0) is 17.5. The van der Waals surface area contributed by atoms with Crippen molar-refractivity contribution in [2.24, 2.45) is 0 Å². The summed E-state index contributed by atoms with van der Waals surface area (Å²) in [7, 11) is -0.344. The minimum Gasteiger partial charge on any atom is -0.399 e. The highest BCUT2D eigenvalue weighted by Crippen LogP contribution is 2.36. The van der Waals surface area contributed by atoms with Gasteiger partial charge in [-0.1, -0.05) is 53.5 Å². The fourth-order valence-electron chi connectivity index (χ4n) is 2.71. The van der Waals surface area contributed by atoms with Gasteiger partial charge in [-0.15, -0.1) is 0 Å². The molecule has 2 aromatic rings. The largest absolute Gasteiger partial charge is 0.494 e. The Kier molecular flexibility index (Phi) is 4.74. The third-order valence-corrected chi connectivity index (χ3v) is 5.61. The summed E-state index contributed by atoms with van der Waals surface area (Å²) in [5.74, 6) is 0. The highest BCUT2D eigenvalue weighted by atomic mass is 35.5. The molecule has 0 spiro atoms. The van der Waals surface area contributed by atoms with Crippen molar-refractivity contribution >= 4 is 35.8 Å². The van der Waals surface area contributed by atoms with Crippen molar-refractivity contribution in [3.63, 3.8) is 0 Å². The summed E-state index contributed by atoms with van der Waals surface area (Å²) in [6.45, 7) is 8.25. The van der Waals surface area contributed by atoms with E-state index >= 15 is 0 Å². The maximum atomic E-state index is 6.13. The van der Waals surface area contributed by atoms with Crippen LogP contribution < -0.4 is 5.46 Å². The Hall–Kier alpha value is -0.995. The summed E-state index contributed by atoms with van der Waals surface area (Å²) in [6.07, 6.45) is 0.782. The summed E-state index contributed by atoms with van der Waals surface area (Å²) >= 11 is 12.1. The van der Waals surface area contributed by atoms with Crippen molar-refractivity contribution in [2.45, 2.75) is 45.3 Å². The molecule has 0 unspecified atom stereocenters. The molecule has 0 aliphatic carbocycles. The van der Waals surface area contributed by atoms with Gasteiger partial charge in [-0.2, -0.15) is 0 Å². The smallest absolute Gasteiger partial charge is 0.399 e. The second kappa shape index (κ2) is 6.38. The van der Waals surface area contributed by atoms with Crippen LogP contribution in [0.4, 0.5) is 0 Å². The fraction of sp³-hybridized carbons (Fsp3) is 0.368. The van der Waals surface area contributed by atoms with Crippen LogP contribution in [-0.2, 0) is 15.7 Å². The molecule has 24 heavy (non-hydrogen) atoms. The molecule has 0 aromatic heterocycles. The molecule has 2 aromatic carbocycles. The summed E-state index contributed by atoms with van der Waals surface area (Å²) in [6, 6.07) is 14.0. The van der Waals surface area contributed by atoms with E-state index in [1.165, 1.54) is 5.56 Å².